The Morgan fingerprint density at radius 2 is 1.63 bits per heavy atom. The lowest BCUT2D eigenvalue weighted by molar-refractivity contribution is -0.116. The Hall–Kier alpha value is -3.48. The van der Waals surface area contributed by atoms with Gasteiger partial charge in [0.05, 0.1) is 21.3 Å². The molecule has 1 heterocycles. The number of anilines is 1. The second-order valence-electron chi connectivity index (χ2n) is 5.85. The third-order valence-corrected chi connectivity index (χ3v) is 4.29. The molecule has 0 aromatic heterocycles. The summed E-state index contributed by atoms with van der Waals surface area (Å²) in [4.78, 5) is 26.4. The number of hydrogen-bond acceptors (Lipinski definition) is 5. The van der Waals surface area contributed by atoms with Crippen LogP contribution in [0.4, 0.5) is 5.69 Å². The van der Waals surface area contributed by atoms with Gasteiger partial charge in [0.15, 0.2) is 11.5 Å². The van der Waals surface area contributed by atoms with Crippen LogP contribution in [-0.4, -0.2) is 44.6 Å². The summed E-state index contributed by atoms with van der Waals surface area (Å²) in [5, 5.41) is 2.75. The Morgan fingerprint density at radius 3 is 2.15 bits per heavy atom. The minimum Gasteiger partial charge on any atom is -0.493 e. The number of benzene rings is 2. The summed E-state index contributed by atoms with van der Waals surface area (Å²) in [5.41, 5.74) is 2.26. The SMILES string of the molecule is C=C1c2ccccc2C(=O)N1CC(=O)Nc1cc(OC)c(OC)c(OC)c1. The molecular formula is C20H20N2O5. The van der Waals surface area contributed by atoms with Gasteiger partial charge < -0.3 is 19.5 Å². The Labute approximate surface area is 157 Å². The zero-order chi connectivity index (χ0) is 19.6. The van der Waals surface area contributed by atoms with Crippen molar-refractivity contribution < 1.29 is 23.8 Å². The summed E-state index contributed by atoms with van der Waals surface area (Å²) in [6.45, 7) is 3.78. The Kier molecular flexibility index (Phi) is 5.03. The van der Waals surface area contributed by atoms with Gasteiger partial charge >= 0.3 is 0 Å². The number of rotatable bonds is 6. The summed E-state index contributed by atoms with van der Waals surface area (Å²) in [6, 6.07) is 10.4. The number of nitrogens with zero attached hydrogens (tertiary/aromatic N) is 1. The molecule has 0 aliphatic carbocycles. The molecule has 0 atom stereocenters. The highest BCUT2D eigenvalue weighted by Crippen LogP contribution is 2.40. The smallest absolute Gasteiger partial charge is 0.259 e. The van der Waals surface area contributed by atoms with Crippen molar-refractivity contribution in [1.82, 2.24) is 4.90 Å². The highest BCUT2D eigenvalue weighted by atomic mass is 16.5. The summed E-state index contributed by atoms with van der Waals surface area (Å²) >= 11 is 0. The number of carbonyl (C=O) groups is 2. The molecule has 0 fully saturated rings. The van der Waals surface area contributed by atoms with Crippen LogP contribution >= 0.6 is 0 Å². The third kappa shape index (κ3) is 3.31. The minimum absolute atomic E-state index is 0.150. The molecule has 0 unspecified atom stereocenters. The molecule has 2 aromatic carbocycles. The van der Waals surface area contributed by atoms with Crippen LogP contribution in [-0.2, 0) is 4.79 Å². The standard InChI is InChI=1S/C20H20N2O5/c1-12-14-7-5-6-8-15(14)20(24)22(12)11-18(23)21-13-9-16(25-2)19(27-4)17(10-13)26-3/h5-10H,1,11H2,2-4H3,(H,21,23). The average molecular weight is 368 g/mol. The first-order chi connectivity index (χ1) is 13.0. The van der Waals surface area contributed by atoms with E-state index in [2.05, 4.69) is 11.9 Å². The van der Waals surface area contributed by atoms with Crippen LogP contribution in [0.2, 0.25) is 0 Å². The van der Waals surface area contributed by atoms with E-state index in [1.54, 1.807) is 24.3 Å². The largest absolute Gasteiger partial charge is 0.493 e. The van der Waals surface area contributed by atoms with Crippen molar-refractivity contribution in [1.29, 1.82) is 0 Å². The normalized spacial score (nSPS) is 12.6. The number of nitrogens with one attached hydrogen (secondary N) is 1. The van der Waals surface area contributed by atoms with Crippen molar-refractivity contribution in [3.8, 4) is 17.2 Å². The molecule has 1 N–H and O–H groups in total. The van der Waals surface area contributed by atoms with Crippen molar-refractivity contribution >= 4 is 23.2 Å². The number of amides is 2. The van der Waals surface area contributed by atoms with Gasteiger partial charge in [-0.05, 0) is 6.07 Å². The lowest BCUT2D eigenvalue weighted by atomic mass is 10.1. The van der Waals surface area contributed by atoms with E-state index >= 15 is 0 Å². The van der Waals surface area contributed by atoms with E-state index < -0.39 is 0 Å². The molecule has 0 radical (unpaired) electrons. The van der Waals surface area contributed by atoms with Crippen molar-refractivity contribution in [2.24, 2.45) is 0 Å². The van der Waals surface area contributed by atoms with E-state index in [4.69, 9.17) is 14.2 Å². The first-order valence-electron chi connectivity index (χ1n) is 8.20. The van der Waals surface area contributed by atoms with Crippen molar-refractivity contribution in [3.63, 3.8) is 0 Å². The van der Waals surface area contributed by atoms with Crippen LogP contribution in [0.3, 0.4) is 0 Å². The third-order valence-electron chi connectivity index (χ3n) is 4.29. The molecule has 1 aliphatic heterocycles. The van der Waals surface area contributed by atoms with Crippen LogP contribution in [0.15, 0.2) is 43.0 Å². The zero-order valence-electron chi connectivity index (χ0n) is 15.4. The second-order valence-corrected chi connectivity index (χ2v) is 5.85. The monoisotopic (exact) mass is 368 g/mol. The van der Waals surface area contributed by atoms with Gasteiger partial charge in [0.1, 0.15) is 6.54 Å². The quantitative estimate of drug-likeness (QED) is 0.848. The number of fused-ring (bicyclic) bond motifs is 1. The molecule has 3 rings (SSSR count). The molecule has 1 aliphatic rings. The molecule has 2 aromatic rings. The molecule has 0 saturated carbocycles. The summed E-state index contributed by atoms with van der Waals surface area (Å²) in [5.74, 6) is 0.654. The maximum Gasteiger partial charge on any atom is 0.259 e. The molecule has 0 bridgehead atoms. The van der Waals surface area contributed by atoms with Gasteiger partial charge in [0.2, 0.25) is 11.7 Å². The maximum atomic E-state index is 12.5. The van der Waals surface area contributed by atoms with Crippen molar-refractivity contribution in [2.45, 2.75) is 0 Å². The fraction of sp³-hybridized carbons (Fsp3) is 0.200. The fourth-order valence-electron chi connectivity index (χ4n) is 3.00. The van der Waals surface area contributed by atoms with Crippen LogP contribution in [0, 0.1) is 0 Å². The molecule has 0 spiro atoms. The van der Waals surface area contributed by atoms with Gasteiger partial charge in [-0.3, -0.25) is 14.5 Å². The van der Waals surface area contributed by atoms with Gasteiger partial charge in [0, 0.05) is 34.6 Å². The van der Waals surface area contributed by atoms with Crippen LogP contribution < -0.4 is 19.5 Å². The first-order valence-corrected chi connectivity index (χ1v) is 8.20. The van der Waals surface area contributed by atoms with Gasteiger partial charge in [-0.1, -0.05) is 24.8 Å². The predicted molar refractivity (Wildman–Crippen MR) is 101 cm³/mol. The minimum atomic E-state index is -0.369. The van der Waals surface area contributed by atoms with Crippen molar-refractivity contribution in [3.05, 3.63) is 54.1 Å². The summed E-state index contributed by atoms with van der Waals surface area (Å²) < 4.78 is 15.8. The number of ether oxygens (including phenoxy) is 3. The van der Waals surface area contributed by atoms with Crippen LogP contribution in [0.1, 0.15) is 15.9 Å². The Morgan fingerprint density at radius 1 is 1.04 bits per heavy atom. The number of carbonyl (C=O) groups excluding carboxylic acids is 2. The van der Waals surface area contributed by atoms with E-state index in [1.807, 2.05) is 12.1 Å². The first kappa shape index (κ1) is 18.3. The average Bonchev–Trinajstić information content (AvgIpc) is 2.92. The fourth-order valence-corrected chi connectivity index (χ4v) is 3.00. The predicted octanol–water partition coefficient (Wildman–Crippen LogP) is 2.78. The van der Waals surface area contributed by atoms with Gasteiger partial charge in [-0.2, -0.15) is 0 Å². The van der Waals surface area contributed by atoms with Crippen LogP contribution in [0.5, 0.6) is 17.2 Å². The molecule has 140 valence electrons. The van der Waals surface area contributed by atoms with Crippen LogP contribution in [0.25, 0.3) is 5.70 Å². The van der Waals surface area contributed by atoms with Gasteiger partial charge in [-0.15, -0.1) is 0 Å². The number of methoxy groups -OCH3 is 3. The van der Waals surface area contributed by atoms with E-state index in [0.717, 1.165) is 5.56 Å². The van der Waals surface area contributed by atoms with Gasteiger partial charge in [-0.25, -0.2) is 0 Å². The molecule has 7 heteroatoms. The van der Waals surface area contributed by atoms with E-state index in [0.29, 0.717) is 34.2 Å². The lowest BCUT2D eigenvalue weighted by Crippen LogP contribution is -2.32. The van der Waals surface area contributed by atoms with E-state index in [9.17, 15) is 9.59 Å². The molecule has 2 amide bonds. The van der Waals surface area contributed by atoms with E-state index in [-0.39, 0.29) is 18.4 Å². The van der Waals surface area contributed by atoms with Gasteiger partial charge in [0.25, 0.3) is 5.91 Å². The zero-order valence-corrected chi connectivity index (χ0v) is 15.4. The highest BCUT2D eigenvalue weighted by Gasteiger charge is 2.31. The summed E-state index contributed by atoms with van der Waals surface area (Å²) in [6.07, 6.45) is 0. The topological polar surface area (TPSA) is 77.1 Å². The lowest BCUT2D eigenvalue weighted by Gasteiger charge is -2.18. The van der Waals surface area contributed by atoms with E-state index in [1.165, 1.54) is 26.2 Å². The molecule has 7 nitrogen and oxygen atoms in total. The molecular weight excluding hydrogens is 348 g/mol. The van der Waals surface area contributed by atoms with Crippen molar-refractivity contribution in [2.75, 3.05) is 33.2 Å². The number of hydrogen-bond donors (Lipinski definition) is 1. The summed E-state index contributed by atoms with van der Waals surface area (Å²) in [7, 11) is 4.49. The second kappa shape index (κ2) is 7.41. The molecule has 27 heavy (non-hydrogen) atoms. The highest BCUT2D eigenvalue weighted by molar-refractivity contribution is 6.11. The molecule has 0 saturated heterocycles. The Balaban J connectivity index is 1.77. The Bertz CT molecular complexity index is 862. The maximum absolute atomic E-state index is 12.5.